The van der Waals surface area contributed by atoms with E-state index in [0.29, 0.717) is 12.4 Å². The number of aryl methyl sites for hydroxylation is 2. The topological polar surface area (TPSA) is 71.2 Å². The van der Waals surface area contributed by atoms with Crippen LogP contribution in [0.25, 0.3) is 10.2 Å². The highest BCUT2D eigenvalue weighted by molar-refractivity contribution is 7.18. The van der Waals surface area contributed by atoms with E-state index in [9.17, 15) is 10.1 Å². The number of nitriles is 1. The number of thiophene rings is 1. The number of rotatable bonds is 3. The second-order valence-corrected chi connectivity index (χ2v) is 8.50. The van der Waals surface area contributed by atoms with Gasteiger partial charge in [-0.1, -0.05) is 0 Å². The summed E-state index contributed by atoms with van der Waals surface area (Å²) >= 11 is 1.67. The van der Waals surface area contributed by atoms with Crippen molar-refractivity contribution < 1.29 is 4.74 Å². The molecule has 0 bridgehead atoms. The maximum absolute atomic E-state index is 13.2. The summed E-state index contributed by atoms with van der Waals surface area (Å²) in [6.07, 6.45) is 4.63. The van der Waals surface area contributed by atoms with Crippen LogP contribution in [0, 0.1) is 11.3 Å². The van der Waals surface area contributed by atoms with E-state index in [1.54, 1.807) is 15.9 Å². The van der Waals surface area contributed by atoms with Crippen LogP contribution in [0.2, 0.25) is 0 Å². The van der Waals surface area contributed by atoms with E-state index >= 15 is 0 Å². The Bertz CT molecular complexity index is 916. The second-order valence-electron chi connectivity index (χ2n) is 7.42. The molecule has 0 spiro atoms. The summed E-state index contributed by atoms with van der Waals surface area (Å²) in [5.41, 5.74) is 1.14. The van der Waals surface area contributed by atoms with E-state index in [4.69, 9.17) is 9.72 Å². The van der Waals surface area contributed by atoms with Gasteiger partial charge in [0, 0.05) is 18.0 Å². The molecule has 3 heterocycles. The van der Waals surface area contributed by atoms with Crippen LogP contribution in [0.15, 0.2) is 4.79 Å². The van der Waals surface area contributed by atoms with Gasteiger partial charge in [0.25, 0.3) is 5.56 Å². The molecule has 26 heavy (non-hydrogen) atoms. The number of nitrogens with zero attached hydrogens (tertiary/aromatic N) is 4. The van der Waals surface area contributed by atoms with Gasteiger partial charge < -0.3 is 4.74 Å². The quantitative estimate of drug-likeness (QED) is 0.828. The molecular weight excluding hydrogens is 348 g/mol. The van der Waals surface area contributed by atoms with Gasteiger partial charge in [-0.25, -0.2) is 4.98 Å². The molecule has 4 rings (SSSR count). The Morgan fingerprint density at radius 1 is 1.27 bits per heavy atom. The molecule has 0 amide bonds. The Kier molecular flexibility index (Phi) is 4.82. The number of hydrogen-bond donors (Lipinski definition) is 0. The first-order valence-corrected chi connectivity index (χ1v) is 10.2. The Morgan fingerprint density at radius 2 is 2.00 bits per heavy atom. The molecule has 2 aliphatic rings. The molecule has 1 aliphatic carbocycles. The lowest BCUT2D eigenvalue weighted by atomic mass is 9.97. The van der Waals surface area contributed by atoms with E-state index in [1.165, 1.54) is 16.9 Å². The van der Waals surface area contributed by atoms with Crippen molar-refractivity contribution >= 4 is 21.6 Å². The van der Waals surface area contributed by atoms with Crippen molar-refractivity contribution in [3.8, 4) is 6.07 Å². The third-order valence-corrected chi connectivity index (χ3v) is 6.43. The maximum atomic E-state index is 13.2. The Balaban J connectivity index is 1.77. The third-order valence-electron chi connectivity index (χ3n) is 5.24. The van der Waals surface area contributed by atoms with Gasteiger partial charge in [-0.3, -0.25) is 14.3 Å². The molecule has 138 valence electrons. The number of morpholine rings is 1. The fourth-order valence-corrected chi connectivity index (χ4v) is 5.52. The molecular formula is C19H24N4O2S. The molecule has 6 nitrogen and oxygen atoms in total. The smallest absolute Gasteiger partial charge is 0.263 e. The summed E-state index contributed by atoms with van der Waals surface area (Å²) in [4.78, 5) is 22.5. The average Bonchev–Trinajstić information content (AvgIpc) is 2.95. The van der Waals surface area contributed by atoms with E-state index in [-0.39, 0.29) is 24.3 Å². The molecule has 2 aromatic rings. The Morgan fingerprint density at radius 3 is 2.73 bits per heavy atom. The minimum atomic E-state index is -0.0414. The molecule has 0 unspecified atom stereocenters. The van der Waals surface area contributed by atoms with Gasteiger partial charge in [0.1, 0.15) is 17.2 Å². The lowest BCUT2D eigenvalue weighted by Crippen LogP contribution is -2.45. The largest absolute Gasteiger partial charge is 0.373 e. The summed E-state index contributed by atoms with van der Waals surface area (Å²) in [6, 6.07) is 2.14. The molecule has 0 aromatic carbocycles. The normalized spacial score (nSPS) is 23.7. The van der Waals surface area contributed by atoms with E-state index < -0.39 is 0 Å². The van der Waals surface area contributed by atoms with E-state index in [1.807, 2.05) is 0 Å². The zero-order valence-electron chi connectivity index (χ0n) is 15.3. The van der Waals surface area contributed by atoms with Gasteiger partial charge in [0.05, 0.1) is 30.2 Å². The van der Waals surface area contributed by atoms with Crippen molar-refractivity contribution in [3.63, 3.8) is 0 Å². The highest BCUT2D eigenvalue weighted by Gasteiger charge is 2.26. The first kappa shape index (κ1) is 17.7. The van der Waals surface area contributed by atoms with Crippen LogP contribution in [0.1, 0.15) is 43.0 Å². The van der Waals surface area contributed by atoms with Crippen molar-refractivity contribution in [1.29, 1.82) is 5.26 Å². The Labute approximate surface area is 157 Å². The highest BCUT2D eigenvalue weighted by Crippen LogP contribution is 2.33. The maximum Gasteiger partial charge on any atom is 0.263 e. The monoisotopic (exact) mass is 372 g/mol. The van der Waals surface area contributed by atoms with Gasteiger partial charge in [-0.15, -0.1) is 11.3 Å². The molecule has 0 N–H and O–H groups in total. The molecule has 7 heteroatoms. The molecule has 2 atom stereocenters. The molecule has 1 fully saturated rings. The van der Waals surface area contributed by atoms with E-state index in [0.717, 1.165) is 42.6 Å². The zero-order valence-corrected chi connectivity index (χ0v) is 16.1. The zero-order chi connectivity index (χ0) is 18.3. The lowest BCUT2D eigenvalue weighted by molar-refractivity contribution is -0.0713. The van der Waals surface area contributed by atoms with Crippen LogP contribution in [-0.4, -0.2) is 39.7 Å². The third kappa shape index (κ3) is 3.18. The molecule has 1 aliphatic heterocycles. The van der Waals surface area contributed by atoms with Crippen LogP contribution in [0.4, 0.5) is 0 Å². The number of ether oxygens (including phenoxy) is 1. The first-order chi connectivity index (χ1) is 12.6. The molecule has 2 aromatic heterocycles. The summed E-state index contributed by atoms with van der Waals surface area (Å²) in [5, 5.41) is 10.0. The van der Waals surface area contributed by atoms with E-state index in [2.05, 4.69) is 24.8 Å². The van der Waals surface area contributed by atoms with Crippen molar-refractivity contribution in [2.45, 2.75) is 64.8 Å². The number of aromatic nitrogens is 2. The van der Waals surface area contributed by atoms with Gasteiger partial charge in [-0.2, -0.15) is 5.26 Å². The van der Waals surface area contributed by atoms with Crippen molar-refractivity contribution in [2.24, 2.45) is 0 Å². The predicted octanol–water partition coefficient (Wildman–Crippen LogP) is 2.47. The number of hydrogen-bond acceptors (Lipinski definition) is 6. The van der Waals surface area contributed by atoms with Crippen LogP contribution in [0.5, 0.6) is 0 Å². The summed E-state index contributed by atoms with van der Waals surface area (Å²) in [7, 11) is 0. The van der Waals surface area contributed by atoms with Crippen molar-refractivity contribution in [3.05, 3.63) is 26.6 Å². The summed E-state index contributed by atoms with van der Waals surface area (Å²) < 4.78 is 7.38. The first-order valence-electron chi connectivity index (χ1n) is 9.35. The van der Waals surface area contributed by atoms with Crippen LogP contribution < -0.4 is 5.56 Å². The standard InChI is InChI=1S/C19H24N4O2S/c1-12-9-22(10-13(2)25-12)11-16-21-18-17(19(24)23(16)8-7-20)14-5-3-4-6-15(14)26-18/h12-13H,3-6,8-11H2,1-2H3/t12-,13-/m1/s1. The molecule has 0 radical (unpaired) electrons. The average molecular weight is 372 g/mol. The van der Waals surface area contributed by atoms with Gasteiger partial charge >= 0.3 is 0 Å². The SMILES string of the molecule is C[C@@H]1CN(Cc2nc3sc4c(c3c(=O)n2CC#N)CCCC4)C[C@@H](C)O1. The van der Waals surface area contributed by atoms with Crippen LogP contribution in [-0.2, 0) is 30.7 Å². The lowest BCUT2D eigenvalue weighted by Gasteiger charge is -2.35. The predicted molar refractivity (Wildman–Crippen MR) is 101 cm³/mol. The van der Waals surface area contributed by atoms with Gasteiger partial charge in [0.2, 0.25) is 0 Å². The van der Waals surface area contributed by atoms with Gasteiger partial charge in [-0.05, 0) is 45.1 Å². The van der Waals surface area contributed by atoms with Crippen molar-refractivity contribution in [1.82, 2.24) is 14.5 Å². The second kappa shape index (κ2) is 7.10. The van der Waals surface area contributed by atoms with Crippen molar-refractivity contribution in [2.75, 3.05) is 13.1 Å². The fraction of sp³-hybridized carbons (Fsp3) is 0.632. The molecule has 0 saturated carbocycles. The van der Waals surface area contributed by atoms with Crippen LogP contribution >= 0.6 is 11.3 Å². The molecule has 1 saturated heterocycles. The van der Waals surface area contributed by atoms with Gasteiger partial charge in [0.15, 0.2) is 0 Å². The fourth-order valence-electron chi connectivity index (χ4n) is 4.25. The minimum absolute atomic E-state index is 0.0414. The summed E-state index contributed by atoms with van der Waals surface area (Å²) in [6.45, 7) is 6.38. The highest BCUT2D eigenvalue weighted by atomic mass is 32.1. The Hall–Kier alpha value is -1.75. The number of fused-ring (bicyclic) bond motifs is 3. The van der Waals surface area contributed by atoms with Crippen LogP contribution in [0.3, 0.4) is 0 Å². The summed E-state index contributed by atoms with van der Waals surface area (Å²) in [5.74, 6) is 0.698. The minimum Gasteiger partial charge on any atom is -0.373 e.